The van der Waals surface area contributed by atoms with Gasteiger partial charge in [-0.25, -0.2) is 0 Å². The molecule has 1 aliphatic rings. The predicted molar refractivity (Wildman–Crippen MR) is 75.4 cm³/mol. The Labute approximate surface area is 107 Å². The van der Waals surface area contributed by atoms with Gasteiger partial charge in [-0.3, -0.25) is 0 Å². The second-order valence-electron chi connectivity index (χ2n) is 6.56. The molecular formula is C13H29NO2Si. The van der Waals surface area contributed by atoms with Gasteiger partial charge in [0.2, 0.25) is 0 Å². The summed E-state index contributed by atoms with van der Waals surface area (Å²) in [5, 5.41) is 3.54. The molecule has 0 saturated carbocycles. The van der Waals surface area contributed by atoms with Gasteiger partial charge in [0.25, 0.3) is 0 Å². The molecule has 17 heavy (non-hydrogen) atoms. The molecule has 1 aliphatic heterocycles. The first-order valence-corrected chi connectivity index (χ1v) is 10.5. The zero-order valence-corrected chi connectivity index (χ0v) is 13.0. The number of nitrogens with one attached hydrogen (secondary N) is 1. The van der Waals surface area contributed by atoms with Crippen LogP contribution < -0.4 is 5.32 Å². The lowest BCUT2D eigenvalue weighted by atomic mass is 9.84. The summed E-state index contributed by atoms with van der Waals surface area (Å²) >= 11 is 0. The molecule has 0 aromatic carbocycles. The second-order valence-corrected chi connectivity index (χ2v) is 12.0. The molecule has 0 bridgehead atoms. The number of methoxy groups -OCH3 is 1. The fraction of sp³-hybridized carbons (Fsp3) is 1.00. The molecule has 4 heteroatoms. The fourth-order valence-corrected chi connectivity index (χ4v) is 5.56. The monoisotopic (exact) mass is 259 g/mol. The molecule has 0 amide bonds. The Kier molecular flexibility index (Phi) is 6.13. The maximum Gasteiger partial charge on any atom is 0.0587 e. The van der Waals surface area contributed by atoms with Crippen molar-refractivity contribution < 1.29 is 9.47 Å². The third-order valence-corrected chi connectivity index (χ3v) is 5.10. The highest BCUT2D eigenvalue weighted by Crippen LogP contribution is 2.36. The normalized spacial score (nSPS) is 26.1. The molecule has 1 saturated heterocycles. The van der Waals surface area contributed by atoms with Gasteiger partial charge in [0, 0.05) is 40.3 Å². The minimum Gasteiger partial charge on any atom is -0.383 e. The SMILES string of the molecule is COCCNCC1(C[Si](C)(C)C)CCCOC1. The van der Waals surface area contributed by atoms with Gasteiger partial charge in [0.15, 0.2) is 0 Å². The maximum atomic E-state index is 5.74. The second kappa shape index (κ2) is 6.88. The molecule has 0 aromatic heterocycles. The molecular weight excluding hydrogens is 230 g/mol. The Hall–Kier alpha value is 0.0969. The summed E-state index contributed by atoms with van der Waals surface area (Å²) < 4.78 is 10.8. The largest absolute Gasteiger partial charge is 0.383 e. The summed E-state index contributed by atoms with van der Waals surface area (Å²) in [6, 6.07) is 1.36. The Morgan fingerprint density at radius 2 is 2.12 bits per heavy atom. The van der Waals surface area contributed by atoms with Crippen LogP contribution in [0.3, 0.4) is 0 Å². The van der Waals surface area contributed by atoms with E-state index in [2.05, 4.69) is 25.0 Å². The van der Waals surface area contributed by atoms with Crippen LogP contribution in [0.15, 0.2) is 0 Å². The quantitative estimate of drug-likeness (QED) is 0.562. The Morgan fingerprint density at radius 3 is 2.65 bits per heavy atom. The number of rotatable bonds is 7. The summed E-state index contributed by atoms with van der Waals surface area (Å²) in [7, 11) is 0.717. The summed E-state index contributed by atoms with van der Waals surface area (Å²) in [5.41, 5.74) is 0.385. The van der Waals surface area contributed by atoms with E-state index < -0.39 is 8.07 Å². The molecule has 1 fully saturated rings. The van der Waals surface area contributed by atoms with Crippen molar-refractivity contribution in [1.82, 2.24) is 5.32 Å². The zero-order valence-electron chi connectivity index (χ0n) is 12.0. The van der Waals surface area contributed by atoms with Gasteiger partial charge in [-0.15, -0.1) is 0 Å². The van der Waals surface area contributed by atoms with Gasteiger partial charge in [0.1, 0.15) is 0 Å². The summed E-state index contributed by atoms with van der Waals surface area (Å²) in [5.74, 6) is 0. The van der Waals surface area contributed by atoms with E-state index in [0.717, 1.165) is 32.9 Å². The molecule has 3 nitrogen and oxygen atoms in total. The van der Waals surface area contributed by atoms with E-state index in [9.17, 15) is 0 Å². The van der Waals surface area contributed by atoms with Crippen LogP contribution in [0.4, 0.5) is 0 Å². The smallest absolute Gasteiger partial charge is 0.0587 e. The third kappa shape index (κ3) is 6.00. The minimum absolute atomic E-state index is 0.385. The van der Waals surface area contributed by atoms with E-state index in [-0.39, 0.29) is 0 Å². The molecule has 1 unspecified atom stereocenters. The van der Waals surface area contributed by atoms with Crippen molar-refractivity contribution >= 4 is 8.07 Å². The summed E-state index contributed by atoms with van der Waals surface area (Å²) in [6.07, 6.45) is 2.54. The first-order chi connectivity index (χ1) is 7.97. The van der Waals surface area contributed by atoms with Crippen LogP contribution in [0.2, 0.25) is 25.7 Å². The van der Waals surface area contributed by atoms with Gasteiger partial charge in [-0.05, 0) is 18.9 Å². The molecule has 102 valence electrons. The highest BCUT2D eigenvalue weighted by Gasteiger charge is 2.36. The van der Waals surface area contributed by atoms with E-state index in [1.807, 2.05) is 0 Å². The molecule has 1 heterocycles. The van der Waals surface area contributed by atoms with Gasteiger partial charge < -0.3 is 14.8 Å². The summed E-state index contributed by atoms with van der Waals surface area (Å²) in [4.78, 5) is 0. The third-order valence-electron chi connectivity index (χ3n) is 3.29. The molecule has 0 radical (unpaired) electrons. The standard InChI is InChI=1S/C13H29NO2Si/c1-15-9-7-14-10-13(12-17(2,3)4)6-5-8-16-11-13/h14H,5-12H2,1-4H3. The van der Waals surface area contributed by atoms with Crippen molar-refractivity contribution in [2.75, 3.05) is 40.0 Å². The van der Waals surface area contributed by atoms with E-state index in [1.54, 1.807) is 7.11 Å². The van der Waals surface area contributed by atoms with Crippen LogP contribution in [0.5, 0.6) is 0 Å². The lowest BCUT2D eigenvalue weighted by Crippen LogP contribution is -2.46. The minimum atomic E-state index is -1.04. The number of hydrogen-bond acceptors (Lipinski definition) is 3. The number of ether oxygens (including phenoxy) is 2. The molecule has 0 spiro atoms. The van der Waals surface area contributed by atoms with Crippen molar-refractivity contribution in [3.63, 3.8) is 0 Å². The van der Waals surface area contributed by atoms with Crippen LogP contribution >= 0.6 is 0 Å². The predicted octanol–water partition coefficient (Wildman–Crippen LogP) is 2.36. The average Bonchev–Trinajstić information content (AvgIpc) is 2.23. The first kappa shape index (κ1) is 15.2. The maximum absolute atomic E-state index is 5.74. The Bertz CT molecular complexity index is 210. The lowest BCUT2D eigenvalue weighted by molar-refractivity contribution is 0.00190. The van der Waals surface area contributed by atoms with E-state index in [4.69, 9.17) is 9.47 Å². The molecule has 1 rings (SSSR count). The lowest BCUT2D eigenvalue weighted by Gasteiger charge is -2.41. The fourth-order valence-electron chi connectivity index (χ4n) is 2.90. The average molecular weight is 259 g/mol. The molecule has 1 atom stereocenters. The Balaban J connectivity index is 2.46. The van der Waals surface area contributed by atoms with Crippen molar-refractivity contribution in [2.24, 2.45) is 5.41 Å². The van der Waals surface area contributed by atoms with Crippen LogP contribution in [-0.4, -0.2) is 48.1 Å². The van der Waals surface area contributed by atoms with Crippen LogP contribution in [0.1, 0.15) is 12.8 Å². The molecule has 0 aliphatic carbocycles. The van der Waals surface area contributed by atoms with Gasteiger partial charge in [-0.1, -0.05) is 19.6 Å². The van der Waals surface area contributed by atoms with Crippen molar-refractivity contribution in [3.8, 4) is 0 Å². The van der Waals surface area contributed by atoms with Crippen molar-refractivity contribution in [2.45, 2.75) is 38.5 Å². The van der Waals surface area contributed by atoms with E-state index in [1.165, 1.54) is 18.9 Å². The van der Waals surface area contributed by atoms with Gasteiger partial charge >= 0.3 is 0 Å². The highest BCUT2D eigenvalue weighted by atomic mass is 28.3. The van der Waals surface area contributed by atoms with Crippen LogP contribution in [0.25, 0.3) is 0 Å². The van der Waals surface area contributed by atoms with E-state index in [0.29, 0.717) is 5.41 Å². The van der Waals surface area contributed by atoms with Crippen molar-refractivity contribution in [3.05, 3.63) is 0 Å². The number of hydrogen-bond donors (Lipinski definition) is 1. The zero-order chi connectivity index (χ0) is 12.8. The highest BCUT2D eigenvalue weighted by molar-refractivity contribution is 6.76. The van der Waals surface area contributed by atoms with Gasteiger partial charge in [-0.2, -0.15) is 0 Å². The van der Waals surface area contributed by atoms with Crippen LogP contribution in [-0.2, 0) is 9.47 Å². The van der Waals surface area contributed by atoms with E-state index >= 15 is 0 Å². The molecule has 0 aromatic rings. The summed E-state index contributed by atoms with van der Waals surface area (Å²) in [6.45, 7) is 12.1. The van der Waals surface area contributed by atoms with Crippen molar-refractivity contribution in [1.29, 1.82) is 0 Å². The van der Waals surface area contributed by atoms with Crippen LogP contribution in [0, 0.1) is 5.41 Å². The topological polar surface area (TPSA) is 30.5 Å². The molecule has 1 N–H and O–H groups in total. The Morgan fingerprint density at radius 1 is 1.35 bits per heavy atom. The first-order valence-electron chi connectivity index (χ1n) is 6.75. The van der Waals surface area contributed by atoms with Gasteiger partial charge in [0.05, 0.1) is 13.2 Å².